The minimum Gasteiger partial charge on any atom is -0.484 e. The molecule has 0 heterocycles. The fourth-order valence-corrected chi connectivity index (χ4v) is 3.90. The van der Waals surface area contributed by atoms with Gasteiger partial charge in [-0.05, 0) is 42.2 Å². The lowest BCUT2D eigenvalue weighted by atomic mass is 10.2. The molecule has 0 unspecified atom stereocenters. The average Bonchev–Trinajstić information content (AvgIpc) is 2.72. The Morgan fingerprint density at radius 1 is 1.03 bits per heavy atom. The highest BCUT2D eigenvalue weighted by molar-refractivity contribution is 7.99. The summed E-state index contributed by atoms with van der Waals surface area (Å²) in [6.07, 6.45) is 1.85. The van der Waals surface area contributed by atoms with Crippen molar-refractivity contribution in [3.63, 3.8) is 0 Å². The Labute approximate surface area is 181 Å². The van der Waals surface area contributed by atoms with E-state index in [-0.39, 0.29) is 29.9 Å². The monoisotopic (exact) mass is 451 g/mol. The van der Waals surface area contributed by atoms with Crippen LogP contribution >= 0.6 is 11.8 Å². The first-order valence-corrected chi connectivity index (χ1v) is 11.9. The van der Waals surface area contributed by atoms with Gasteiger partial charge in [0.2, 0.25) is 15.9 Å². The number of carbonyl (C=O) groups excluding carboxylic acids is 2. The summed E-state index contributed by atoms with van der Waals surface area (Å²) in [6, 6.07) is 13.2. The minimum absolute atomic E-state index is 0.0614. The first-order chi connectivity index (χ1) is 14.2. The van der Waals surface area contributed by atoms with Crippen molar-refractivity contribution in [3.8, 4) is 5.75 Å². The van der Waals surface area contributed by atoms with Crippen LogP contribution in [0, 0.1) is 0 Å². The number of benzene rings is 2. The standard InChI is InChI=1S/C20H25N3O5S2/c1-23(2)30(26,27)18-7-5-4-6-15(18)12-21-19(24)13-28-17-10-8-16(9-11-17)22-20(25)14-29-3/h4-11H,12-14H2,1-3H3,(H,21,24)(H,22,25). The quantitative estimate of drug-likeness (QED) is 0.572. The zero-order chi connectivity index (χ0) is 22.1. The van der Waals surface area contributed by atoms with Crippen LogP contribution in [0.4, 0.5) is 5.69 Å². The number of sulfonamides is 1. The molecule has 2 aromatic carbocycles. The smallest absolute Gasteiger partial charge is 0.258 e. The predicted molar refractivity (Wildman–Crippen MR) is 118 cm³/mol. The van der Waals surface area contributed by atoms with Crippen LogP contribution in [-0.4, -0.2) is 57.2 Å². The first kappa shape index (κ1) is 23.7. The number of hydrogen-bond donors (Lipinski definition) is 2. The number of thioether (sulfide) groups is 1. The molecule has 2 rings (SSSR count). The Hall–Kier alpha value is -2.56. The molecule has 0 bridgehead atoms. The SMILES string of the molecule is CSCC(=O)Nc1ccc(OCC(=O)NCc2ccccc2S(=O)(=O)N(C)C)cc1. The van der Waals surface area contributed by atoms with Crippen molar-refractivity contribution in [2.24, 2.45) is 0 Å². The maximum Gasteiger partial charge on any atom is 0.258 e. The molecule has 0 saturated carbocycles. The molecular weight excluding hydrogens is 426 g/mol. The van der Waals surface area contributed by atoms with Gasteiger partial charge in [-0.3, -0.25) is 9.59 Å². The number of nitrogens with zero attached hydrogens (tertiary/aromatic N) is 1. The molecule has 2 amide bonds. The molecular formula is C20H25N3O5S2. The molecule has 0 radical (unpaired) electrons. The van der Waals surface area contributed by atoms with E-state index in [9.17, 15) is 18.0 Å². The largest absolute Gasteiger partial charge is 0.484 e. The highest BCUT2D eigenvalue weighted by Crippen LogP contribution is 2.18. The Kier molecular flexibility index (Phi) is 8.70. The lowest BCUT2D eigenvalue weighted by Gasteiger charge is -2.15. The van der Waals surface area contributed by atoms with Gasteiger partial charge in [-0.25, -0.2) is 12.7 Å². The predicted octanol–water partition coefficient (Wildman–Crippen LogP) is 1.93. The van der Waals surface area contributed by atoms with Gasteiger partial charge >= 0.3 is 0 Å². The lowest BCUT2D eigenvalue weighted by Crippen LogP contribution is -2.30. The first-order valence-electron chi connectivity index (χ1n) is 9.03. The van der Waals surface area contributed by atoms with Gasteiger partial charge in [0.05, 0.1) is 10.6 Å². The van der Waals surface area contributed by atoms with Crippen LogP contribution in [-0.2, 0) is 26.2 Å². The molecule has 0 aromatic heterocycles. The third-order valence-electron chi connectivity index (χ3n) is 3.99. The summed E-state index contributed by atoms with van der Waals surface area (Å²) in [5.41, 5.74) is 1.13. The summed E-state index contributed by atoms with van der Waals surface area (Å²) < 4.78 is 31.4. The normalized spacial score (nSPS) is 11.2. The number of ether oxygens (including phenoxy) is 1. The zero-order valence-corrected chi connectivity index (χ0v) is 18.7. The maximum absolute atomic E-state index is 12.4. The molecule has 10 heteroatoms. The van der Waals surface area contributed by atoms with Gasteiger partial charge in [0.25, 0.3) is 5.91 Å². The summed E-state index contributed by atoms with van der Waals surface area (Å²) in [6.45, 7) is -0.160. The topological polar surface area (TPSA) is 105 Å². The van der Waals surface area contributed by atoms with E-state index in [2.05, 4.69) is 10.6 Å². The van der Waals surface area contributed by atoms with E-state index in [0.29, 0.717) is 22.8 Å². The number of hydrogen-bond acceptors (Lipinski definition) is 6. The Morgan fingerprint density at radius 3 is 2.33 bits per heavy atom. The average molecular weight is 452 g/mol. The maximum atomic E-state index is 12.4. The van der Waals surface area contributed by atoms with E-state index in [1.807, 2.05) is 6.26 Å². The van der Waals surface area contributed by atoms with Crippen LogP contribution in [0.25, 0.3) is 0 Å². The van der Waals surface area contributed by atoms with E-state index >= 15 is 0 Å². The van der Waals surface area contributed by atoms with Crippen LogP contribution in [0.15, 0.2) is 53.4 Å². The van der Waals surface area contributed by atoms with E-state index in [0.717, 1.165) is 4.31 Å². The minimum atomic E-state index is -3.61. The van der Waals surface area contributed by atoms with Gasteiger partial charge in [-0.1, -0.05) is 18.2 Å². The fraction of sp³-hybridized carbons (Fsp3) is 0.300. The van der Waals surface area contributed by atoms with E-state index in [1.54, 1.807) is 42.5 Å². The summed E-state index contributed by atoms with van der Waals surface area (Å²) in [5.74, 6) is 0.373. The Bertz CT molecular complexity index is 976. The van der Waals surface area contributed by atoms with Crippen LogP contribution < -0.4 is 15.4 Å². The van der Waals surface area contributed by atoms with Gasteiger partial charge in [0, 0.05) is 26.3 Å². The van der Waals surface area contributed by atoms with Crippen molar-refractivity contribution in [2.75, 3.05) is 38.0 Å². The van der Waals surface area contributed by atoms with Crippen LogP contribution in [0.2, 0.25) is 0 Å². The van der Waals surface area contributed by atoms with Crippen molar-refractivity contribution >= 4 is 39.3 Å². The fourth-order valence-electron chi connectivity index (χ4n) is 2.45. The molecule has 2 N–H and O–H groups in total. The van der Waals surface area contributed by atoms with Crippen molar-refractivity contribution in [1.82, 2.24) is 9.62 Å². The van der Waals surface area contributed by atoms with Crippen molar-refractivity contribution in [1.29, 1.82) is 0 Å². The highest BCUT2D eigenvalue weighted by Gasteiger charge is 2.20. The molecule has 0 aliphatic rings. The molecule has 0 atom stereocenters. The number of carbonyl (C=O) groups is 2. The lowest BCUT2D eigenvalue weighted by molar-refractivity contribution is -0.123. The molecule has 2 aromatic rings. The van der Waals surface area contributed by atoms with Gasteiger partial charge in [-0.2, -0.15) is 11.8 Å². The second kappa shape index (κ2) is 11.0. The van der Waals surface area contributed by atoms with Crippen LogP contribution in [0.3, 0.4) is 0 Å². The molecule has 30 heavy (non-hydrogen) atoms. The third-order valence-corrected chi connectivity index (χ3v) is 6.46. The van der Waals surface area contributed by atoms with E-state index in [4.69, 9.17) is 4.74 Å². The molecule has 0 saturated heterocycles. The molecule has 8 nitrogen and oxygen atoms in total. The van der Waals surface area contributed by atoms with Gasteiger partial charge in [0.15, 0.2) is 6.61 Å². The van der Waals surface area contributed by atoms with Gasteiger partial charge in [0.1, 0.15) is 5.75 Å². The molecule has 0 spiro atoms. The molecule has 0 aliphatic heterocycles. The van der Waals surface area contributed by atoms with Crippen molar-refractivity contribution in [3.05, 3.63) is 54.1 Å². The summed E-state index contributed by atoms with van der Waals surface area (Å²) in [5, 5.41) is 5.42. The second-order valence-electron chi connectivity index (χ2n) is 6.47. The van der Waals surface area contributed by atoms with Crippen molar-refractivity contribution in [2.45, 2.75) is 11.4 Å². The Balaban J connectivity index is 1.89. The summed E-state index contributed by atoms with van der Waals surface area (Å²) in [7, 11) is -0.695. The number of nitrogens with one attached hydrogen (secondary N) is 2. The summed E-state index contributed by atoms with van der Waals surface area (Å²) in [4.78, 5) is 23.8. The van der Waals surface area contributed by atoms with Gasteiger partial charge in [-0.15, -0.1) is 0 Å². The number of rotatable bonds is 10. The van der Waals surface area contributed by atoms with Gasteiger partial charge < -0.3 is 15.4 Å². The Morgan fingerprint density at radius 2 is 1.70 bits per heavy atom. The second-order valence-corrected chi connectivity index (χ2v) is 9.45. The van der Waals surface area contributed by atoms with E-state index in [1.165, 1.54) is 31.9 Å². The summed E-state index contributed by atoms with van der Waals surface area (Å²) >= 11 is 1.43. The molecule has 162 valence electrons. The van der Waals surface area contributed by atoms with Crippen LogP contribution in [0.5, 0.6) is 5.75 Å². The highest BCUT2D eigenvalue weighted by atomic mass is 32.2. The van der Waals surface area contributed by atoms with E-state index < -0.39 is 10.0 Å². The third kappa shape index (κ3) is 6.75. The molecule has 0 aliphatic carbocycles. The number of anilines is 1. The number of amides is 2. The van der Waals surface area contributed by atoms with Crippen LogP contribution in [0.1, 0.15) is 5.56 Å². The molecule has 0 fully saturated rings. The van der Waals surface area contributed by atoms with Crippen molar-refractivity contribution < 1.29 is 22.7 Å². The zero-order valence-electron chi connectivity index (χ0n) is 17.0.